The quantitative estimate of drug-likeness (QED) is 0.384. The maximum atomic E-state index is 12.5. The van der Waals surface area contributed by atoms with Gasteiger partial charge in [-0.3, -0.25) is 9.59 Å². The maximum absolute atomic E-state index is 12.5. The molecule has 5 nitrogen and oxygen atoms in total. The van der Waals surface area contributed by atoms with E-state index in [9.17, 15) is 9.59 Å². The Kier molecular flexibility index (Phi) is 7.91. The van der Waals surface area contributed by atoms with E-state index in [2.05, 4.69) is 5.32 Å². The zero-order valence-electron chi connectivity index (χ0n) is 15.9. The standard InChI is InChI=1S/C21H21ClN2O3S/c1-13(2)20(15-4-6-16(22)7-5-15)21(26)27-11-19(25)24-18-9-8-17(28-12-23)10-14(18)3/h4-10,13,20H,11H2,1-3H3,(H,24,25)/t20-/m0/s1. The summed E-state index contributed by atoms with van der Waals surface area (Å²) in [6.45, 7) is 5.30. The van der Waals surface area contributed by atoms with Gasteiger partial charge in [-0.25, -0.2) is 0 Å². The van der Waals surface area contributed by atoms with Crippen molar-refractivity contribution in [2.75, 3.05) is 11.9 Å². The van der Waals surface area contributed by atoms with Crippen molar-refractivity contribution in [3.05, 3.63) is 58.6 Å². The minimum atomic E-state index is -0.478. The van der Waals surface area contributed by atoms with E-state index in [4.69, 9.17) is 21.6 Å². The van der Waals surface area contributed by atoms with Crippen LogP contribution in [0, 0.1) is 23.5 Å². The summed E-state index contributed by atoms with van der Waals surface area (Å²) in [7, 11) is 0. The van der Waals surface area contributed by atoms with Crippen LogP contribution >= 0.6 is 23.4 Å². The smallest absolute Gasteiger partial charge is 0.314 e. The molecule has 1 amide bonds. The van der Waals surface area contributed by atoms with Crippen molar-refractivity contribution < 1.29 is 14.3 Å². The first kappa shape index (κ1) is 21.8. The number of carbonyl (C=O) groups excluding carboxylic acids is 2. The van der Waals surface area contributed by atoms with E-state index < -0.39 is 17.8 Å². The molecule has 2 aromatic carbocycles. The second-order valence-electron chi connectivity index (χ2n) is 6.60. The van der Waals surface area contributed by atoms with Crippen molar-refractivity contribution in [1.82, 2.24) is 0 Å². The highest BCUT2D eigenvalue weighted by Crippen LogP contribution is 2.27. The number of benzene rings is 2. The number of anilines is 1. The molecule has 0 unspecified atom stereocenters. The number of esters is 1. The molecule has 0 aliphatic carbocycles. The highest BCUT2D eigenvalue weighted by atomic mass is 35.5. The van der Waals surface area contributed by atoms with Gasteiger partial charge in [0.05, 0.1) is 5.92 Å². The van der Waals surface area contributed by atoms with Gasteiger partial charge in [0.1, 0.15) is 5.40 Å². The molecule has 0 saturated heterocycles. The monoisotopic (exact) mass is 416 g/mol. The number of amides is 1. The van der Waals surface area contributed by atoms with Crippen molar-refractivity contribution in [2.45, 2.75) is 31.6 Å². The average Bonchev–Trinajstić information content (AvgIpc) is 2.64. The lowest BCUT2D eigenvalue weighted by Gasteiger charge is -2.20. The number of halogens is 1. The van der Waals surface area contributed by atoms with E-state index in [0.717, 1.165) is 27.8 Å². The van der Waals surface area contributed by atoms with Crippen LogP contribution in [0.1, 0.15) is 30.9 Å². The van der Waals surface area contributed by atoms with Crippen LogP contribution in [0.4, 0.5) is 5.69 Å². The van der Waals surface area contributed by atoms with Gasteiger partial charge in [0.2, 0.25) is 0 Å². The largest absolute Gasteiger partial charge is 0.455 e. The summed E-state index contributed by atoms with van der Waals surface area (Å²) in [5, 5.41) is 14.0. The number of hydrogen-bond acceptors (Lipinski definition) is 5. The van der Waals surface area contributed by atoms with Crippen molar-refractivity contribution >= 4 is 40.9 Å². The normalized spacial score (nSPS) is 11.6. The first-order valence-electron chi connectivity index (χ1n) is 8.70. The Hall–Kier alpha value is -2.49. The van der Waals surface area contributed by atoms with Gasteiger partial charge >= 0.3 is 5.97 Å². The molecule has 0 aliphatic rings. The Morgan fingerprint density at radius 3 is 2.46 bits per heavy atom. The summed E-state index contributed by atoms with van der Waals surface area (Å²) in [5.74, 6) is -1.35. The Balaban J connectivity index is 1.98. The maximum Gasteiger partial charge on any atom is 0.314 e. The molecule has 146 valence electrons. The Labute approximate surface area is 174 Å². The third-order valence-electron chi connectivity index (χ3n) is 4.13. The molecule has 0 aromatic heterocycles. The van der Waals surface area contributed by atoms with Crippen molar-refractivity contribution in [2.24, 2.45) is 5.92 Å². The second kappa shape index (κ2) is 10.2. The zero-order chi connectivity index (χ0) is 20.7. The molecule has 1 atom stereocenters. The lowest BCUT2D eigenvalue weighted by Crippen LogP contribution is -2.26. The van der Waals surface area contributed by atoms with E-state index in [-0.39, 0.29) is 12.5 Å². The molecule has 0 bridgehead atoms. The van der Waals surface area contributed by atoms with Gasteiger partial charge in [0, 0.05) is 15.6 Å². The molecule has 0 radical (unpaired) electrons. The van der Waals surface area contributed by atoms with Crippen molar-refractivity contribution in [1.29, 1.82) is 5.26 Å². The highest BCUT2D eigenvalue weighted by Gasteiger charge is 2.26. The van der Waals surface area contributed by atoms with Gasteiger partial charge in [0.15, 0.2) is 6.61 Å². The summed E-state index contributed by atoms with van der Waals surface area (Å²) in [6.07, 6.45) is 0. The van der Waals surface area contributed by atoms with Gasteiger partial charge in [-0.05, 0) is 66.1 Å². The molecule has 0 heterocycles. The van der Waals surface area contributed by atoms with Gasteiger partial charge < -0.3 is 10.1 Å². The molecule has 0 spiro atoms. The summed E-state index contributed by atoms with van der Waals surface area (Å²) < 4.78 is 5.26. The minimum absolute atomic E-state index is 0.00385. The Morgan fingerprint density at radius 1 is 1.21 bits per heavy atom. The van der Waals surface area contributed by atoms with Crippen LogP contribution in [0.3, 0.4) is 0 Å². The van der Waals surface area contributed by atoms with E-state index in [1.807, 2.05) is 32.2 Å². The van der Waals surface area contributed by atoms with E-state index in [1.165, 1.54) is 0 Å². The third kappa shape index (κ3) is 6.01. The van der Waals surface area contributed by atoms with Crippen LogP contribution in [0.2, 0.25) is 5.02 Å². The van der Waals surface area contributed by atoms with Crippen molar-refractivity contribution in [3.63, 3.8) is 0 Å². The summed E-state index contributed by atoms with van der Waals surface area (Å²) in [6, 6.07) is 12.3. The van der Waals surface area contributed by atoms with Crippen LogP contribution in [0.5, 0.6) is 0 Å². The number of ether oxygens (including phenoxy) is 1. The number of aryl methyl sites for hydroxylation is 1. The van der Waals surface area contributed by atoms with Crippen LogP contribution in [0.25, 0.3) is 0 Å². The van der Waals surface area contributed by atoms with Crippen LogP contribution < -0.4 is 5.32 Å². The molecule has 0 saturated carbocycles. The molecule has 0 fully saturated rings. The highest BCUT2D eigenvalue weighted by molar-refractivity contribution is 8.03. The van der Waals surface area contributed by atoms with Gasteiger partial charge in [-0.15, -0.1) is 0 Å². The van der Waals surface area contributed by atoms with E-state index >= 15 is 0 Å². The van der Waals surface area contributed by atoms with Gasteiger partial charge in [-0.2, -0.15) is 5.26 Å². The molecule has 2 rings (SSSR count). The van der Waals surface area contributed by atoms with Crippen LogP contribution in [-0.4, -0.2) is 18.5 Å². The molecule has 0 aliphatic heterocycles. The third-order valence-corrected chi connectivity index (χ3v) is 4.96. The summed E-state index contributed by atoms with van der Waals surface area (Å²) in [5.41, 5.74) is 2.23. The van der Waals surface area contributed by atoms with Gasteiger partial charge in [-0.1, -0.05) is 37.6 Å². The number of nitrogens with zero attached hydrogens (tertiary/aromatic N) is 1. The number of thiocyanates is 1. The molecular formula is C21H21ClN2O3S. The molecular weight excluding hydrogens is 396 g/mol. The van der Waals surface area contributed by atoms with Crippen molar-refractivity contribution in [3.8, 4) is 5.40 Å². The SMILES string of the molecule is Cc1cc(SC#N)ccc1NC(=O)COC(=O)[C@H](c1ccc(Cl)cc1)C(C)C. The number of rotatable bonds is 7. The topological polar surface area (TPSA) is 79.2 Å². The van der Waals surface area contributed by atoms with Gasteiger partial charge in [0.25, 0.3) is 5.91 Å². The minimum Gasteiger partial charge on any atom is -0.455 e. The molecule has 28 heavy (non-hydrogen) atoms. The second-order valence-corrected chi connectivity index (χ2v) is 7.89. The average molecular weight is 417 g/mol. The number of nitriles is 1. The lowest BCUT2D eigenvalue weighted by molar-refractivity contribution is -0.149. The molecule has 1 N–H and O–H groups in total. The first-order chi connectivity index (χ1) is 13.3. The predicted molar refractivity (Wildman–Crippen MR) is 111 cm³/mol. The van der Waals surface area contributed by atoms with E-state index in [0.29, 0.717) is 10.7 Å². The van der Waals surface area contributed by atoms with Crippen LogP contribution in [-0.2, 0) is 14.3 Å². The zero-order valence-corrected chi connectivity index (χ0v) is 17.4. The molecule has 2 aromatic rings. The fraction of sp³-hybridized carbons (Fsp3) is 0.286. The molecule has 7 heteroatoms. The van der Waals surface area contributed by atoms with E-state index in [1.54, 1.807) is 36.4 Å². The number of thioether (sulfide) groups is 1. The Morgan fingerprint density at radius 2 is 1.89 bits per heavy atom. The number of nitrogens with one attached hydrogen (secondary N) is 1. The number of hydrogen-bond donors (Lipinski definition) is 1. The fourth-order valence-electron chi connectivity index (χ4n) is 2.77. The lowest BCUT2D eigenvalue weighted by atomic mass is 9.88. The van der Waals surface area contributed by atoms with Crippen LogP contribution in [0.15, 0.2) is 47.4 Å². The Bertz CT molecular complexity index is 892. The first-order valence-corrected chi connectivity index (χ1v) is 9.89. The summed E-state index contributed by atoms with van der Waals surface area (Å²) >= 11 is 6.96. The summed E-state index contributed by atoms with van der Waals surface area (Å²) in [4.78, 5) is 25.5. The predicted octanol–water partition coefficient (Wildman–Crippen LogP) is 5.14. The fourth-order valence-corrected chi connectivity index (χ4v) is 3.37. The number of carbonyl (C=O) groups is 2.